The number of nitrogens with one attached hydrogen (secondary N) is 1. The Balaban J connectivity index is 1.95. The van der Waals surface area contributed by atoms with Crippen LogP contribution < -0.4 is 10.3 Å². The Labute approximate surface area is 122 Å². The molecule has 2 rings (SSSR count). The quantitative estimate of drug-likeness (QED) is 0.628. The van der Waals surface area contributed by atoms with Crippen LogP contribution in [0.25, 0.3) is 10.9 Å². The van der Waals surface area contributed by atoms with Gasteiger partial charge in [-0.25, -0.2) is 4.79 Å². The maximum Gasteiger partial charge on any atom is 0.344 e. The number of pyridine rings is 1. The van der Waals surface area contributed by atoms with E-state index in [1.54, 1.807) is 12.1 Å². The fraction of sp³-hybridized carbons (Fsp3) is 0.375. The number of carbonyl (C=O) groups excluding carboxylic acids is 1. The van der Waals surface area contributed by atoms with Crippen molar-refractivity contribution in [1.29, 1.82) is 0 Å². The molecule has 0 spiro atoms. The molecule has 0 amide bonds. The van der Waals surface area contributed by atoms with Gasteiger partial charge in [-0.15, -0.1) is 0 Å². The minimum Gasteiger partial charge on any atom is -0.480 e. The lowest BCUT2D eigenvalue weighted by Crippen LogP contribution is -2.16. The molecule has 0 aliphatic rings. The van der Waals surface area contributed by atoms with E-state index < -0.39 is 5.97 Å². The van der Waals surface area contributed by atoms with Crippen molar-refractivity contribution >= 4 is 16.9 Å². The van der Waals surface area contributed by atoms with Crippen LogP contribution in [-0.4, -0.2) is 24.2 Å². The first kappa shape index (κ1) is 15.1. The van der Waals surface area contributed by atoms with Gasteiger partial charge >= 0.3 is 5.97 Å². The van der Waals surface area contributed by atoms with Crippen LogP contribution in [0.1, 0.15) is 26.2 Å². The topological polar surface area (TPSA) is 68.4 Å². The molecule has 0 bridgehead atoms. The minimum absolute atomic E-state index is 0.165. The number of benzene rings is 1. The molecule has 2 aromatic rings. The summed E-state index contributed by atoms with van der Waals surface area (Å²) < 4.78 is 10.5. The maximum atomic E-state index is 11.6. The lowest BCUT2D eigenvalue weighted by atomic mass is 10.2. The molecule has 0 radical (unpaired) electrons. The van der Waals surface area contributed by atoms with E-state index in [0.717, 1.165) is 24.6 Å². The predicted molar refractivity (Wildman–Crippen MR) is 80.5 cm³/mol. The summed E-state index contributed by atoms with van der Waals surface area (Å²) in [6.07, 6.45) is 2.99. The monoisotopic (exact) mass is 289 g/mol. The Morgan fingerprint density at radius 3 is 2.86 bits per heavy atom. The summed E-state index contributed by atoms with van der Waals surface area (Å²) in [7, 11) is 0. The molecule has 0 saturated carbocycles. The zero-order valence-electron chi connectivity index (χ0n) is 12.1. The minimum atomic E-state index is -0.401. The third-order valence-corrected chi connectivity index (χ3v) is 3.08. The van der Waals surface area contributed by atoms with Crippen molar-refractivity contribution in [1.82, 2.24) is 4.98 Å². The Morgan fingerprint density at radius 2 is 2.05 bits per heavy atom. The highest BCUT2D eigenvalue weighted by Gasteiger charge is 2.07. The van der Waals surface area contributed by atoms with Crippen molar-refractivity contribution in [3.63, 3.8) is 0 Å². The summed E-state index contributed by atoms with van der Waals surface area (Å²) in [4.78, 5) is 25.6. The largest absolute Gasteiger partial charge is 0.480 e. The highest BCUT2D eigenvalue weighted by atomic mass is 16.6. The van der Waals surface area contributed by atoms with Crippen LogP contribution in [0.3, 0.4) is 0 Å². The fourth-order valence-electron chi connectivity index (χ4n) is 1.99. The lowest BCUT2D eigenvalue weighted by molar-refractivity contribution is -0.146. The average Bonchev–Trinajstić information content (AvgIpc) is 2.49. The molecule has 112 valence electrons. The van der Waals surface area contributed by atoms with Gasteiger partial charge in [-0.05, 0) is 18.6 Å². The zero-order chi connectivity index (χ0) is 15.1. The average molecular weight is 289 g/mol. The number of aromatic nitrogens is 1. The molecule has 0 fully saturated rings. The van der Waals surface area contributed by atoms with Gasteiger partial charge in [0.05, 0.1) is 12.1 Å². The maximum absolute atomic E-state index is 11.6. The fourth-order valence-corrected chi connectivity index (χ4v) is 1.99. The molecule has 0 saturated heterocycles. The third kappa shape index (κ3) is 4.34. The van der Waals surface area contributed by atoms with Crippen LogP contribution in [0.5, 0.6) is 5.75 Å². The molecule has 1 N–H and O–H groups in total. The number of hydrogen-bond acceptors (Lipinski definition) is 4. The lowest BCUT2D eigenvalue weighted by Gasteiger charge is -2.09. The molecule has 0 aliphatic heterocycles. The van der Waals surface area contributed by atoms with Gasteiger partial charge in [0.15, 0.2) is 6.61 Å². The van der Waals surface area contributed by atoms with Crippen LogP contribution in [0.4, 0.5) is 0 Å². The molecule has 0 atom stereocenters. The Kier molecular flexibility index (Phi) is 5.37. The van der Waals surface area contributed by atoms with Crippen LogP contribution in [0.15, 0.2) is 35.1 Å². The zero-order valence-corrected chi connectivity index (χ0v) is 12.1. The Bertz CT molecular complexity index is 663. The van der Waals surface area contributed by atoms with E-state index in [1.165, 1.54) is 6.07 Å². The number of fused-ring (bicyclic) bond motifs is 1. The summed E-state index contributed by atoms with van der Waals surface area (Å²) in [5, 5.41) is 0.850. The smallest absolute Gasteiger partial charge is 0.344 e. The summed E-state index contributed by atoms with van der Waals surface area (Å²) in [6.45, 7) is 2.34. The first-order valence-electron chi connectivity index (χ1n) is 7.11. The van der Waals surface area contributed by atoms with Crippen LogP contribution >= 0.6 is 0 Å². The number of esters is 1. The van der Waals surface area contributed by atoms with Crippen molar-refractivity contribution in [2.24, 2.45) is 0 Å². The van der Waals surface area contributed by atoms with Gasteiger partial charge in [0.1, 0.15) is 5.75 Å². The highest BCUT2D eigenvalue weighted by molar-refractivity contribution is 5.84. The van der Waals surface area contributed by atoms with Crippen molar-refractivity contribution < 1.29 is 14.3 Å². The number of H-pyrrole nitrogens is 1. The molecule has 1 heterocycles. The van der Waals surface area contributed by atoms with Gasteiger partial charge in [-0.1, -0.05) is 31.9 Å². The number of ether oxygens (including phenoxy) is 2. The van der Waals surface area contributed by atoms with E-state index in [1.807, 2.05) is 12.1 Å². The number of aromatic amines is 1. The number of unbranched alkanes of at least 4 members (excludes halogenated alkanes) is 2. The Hall–Kier alpha value is -2.30. The number of rotatable bonds is 7. The molecule has 0 unspecified atom stereocenters. The molecule has 5 nitrogen and oxygen atoms in total. The summed E-state index contributed by atoms with van der Waals surface area (Å²) >= 11 is 0. The summed E-state index contributed by atoms with van der Waals surface area (Å²) in [5.74, 6) is 0.0668. The van der Waals surface area contributed by atoms with Gasteiger partial charge in [0, 0.05) is 11.5 Å². The number of hydrogen-bond donors (Lipinski definition) is 1. The van der Waals surface area contributed by atoms with E-state index in [0.29, 0.717) is 17.9 Å². The van der Waals surface area contributed by atoms with Gasteiger partial charge in [0.2, 0.25) is 5.56 Å². The molecule has 21 heavy (non-hydrogen) atoms. The van der Waals surface area contributed by atoms with Crippen LogP contribution in [0, 0.1) is 0 Å². The van der Waals surface area contributed by atoms with Crippen molar-refractivity contribution in [3.8, 4) is 5.75 Å². The second kappa shape index (κ2) is 7.47. The number of para-hydroxylation sites is 1. The van der Waals surface area contributed by atoms with Gasteiger partial charge in [-0.3, -0.25) is 4.79 Å². The van der Waals surface area contributed by atoms with E-state index >= 15 is 0 Å². The van der Waals surface area contributed by atoms with Gasteiger partial charge in [0.25, 0.3) is 0 Å². The molecular weight excluding hydrogens is 270 g/mol. The third-order valence-electron chi connectivity index (χ3n) is 3.08. The first-order valence-corrected chi connectivity index (χ1v) is 7.11. The molecular formula is C16H19NO4. The molecule has 5 heteroatoms. The summed E-state index contributed by atoms with van der Waals surface area (Å²) in [6, 6.07) is 8.55. The molecule has 0 aliphatic carbocycles. The first-order chi connectivity index (χ1) is 10.2. The van der Waals surface area contributed by atoms with Crippen molar-refractivity contribution in [3.05, 3.63) is 40.7 Å². The standard InChI is InChI=1S/C16H19NO4/c1-2-3-4-10-20-15(19)11-21-13-7-5-6-12-8-9-14(18)17-16(12)13/h5-9H,2-4,10-11H2,1H3,(H,17,18). The normalized spacial score (nSPS) is 10.5. The van der Waals surface area contributed by atoms with E-state index in [9.17, 15) is 9.59 Å². The van der Waals surface area contributed by atoms with Gasteiger partial charge < -0.3 is 14.5 Å². The predicted octanol–water partition coefficient (Wildman–Crippen LogP) is 2.64. The SMILES string of the molecule is CCCCCOC(=O)COc1cccc2ccc(=O)[nH]c12. The number of carbonyl (C=O) groups is 1. The van der Waals surface area contributed by atoms with Crippen molar-refractivity contribution in [2.75, 3.05) is 13.2 Å². The highest BCUT2D eigenvalue weighted by Crippen LogP contribution is 2.21. The second-order valence-electron chi connectivity index (χ2n) is 4.76. The van der Waals surface area contributed by atoms with Crippen LogP contribution in [0.2, 0.25) is 0 Å². The second-order valence-corrected chi connectivity index (χ2v) is 4.76. The van der Waals surface area contributed by atoms with E-state index in [4.69, 9.17) is 9.47 Å². The van der Waals surface area contributed by atoms with E-state index in [2.05, 4.69) is 11.9 Å². The van der Waals surface area contributed by atoms with Gasteiger partial charge in [-0.2, -0.15) is 0 Å². The van der Waals surface area contributed by atoms with Crippen molar-refractivity contribution in [2.45, 2.75) is 26.2 Å². The van der Waals surface area contributed by atoms with Crippen LogP contribution in [-0.2, 0) is 9.53 Å². The molecule has 1 aromatic heterocycles. The Morgan fingerprint density at radius 1 is 1.19 bits per heavy atom. The summed E-state index contributed by atoms with van der Waals surface area (Å²) in [5.41, 5.74) is 0.379. The van der Waals surface area contributed by atoms with E-state index in [-0.39, 0.29) is 12.2 Å². The molecule has 1 aromatic carbocycles.